The number of anilines is 2. The molecule has 0 spiro atoms. The van der Waals surface area contributed by atoms with Crippen LogP contribution in [0.1, 0.15) is 43.0 Å². The smallest absolute Gasteiger partial charge is 0.251 e. The summed E-state index contributed by atoms with van der Waals surface area (Å²) in [5.41, 5.74) is 1.96. The molecule has 0 aromatic heterocycles. The van der Waals surface area contributed by atoms with E-state index in [0.717, 1.165) is 12.2 Å². The molecule has 0 aliphatic carbocycles. The van der Waals surface area contributed by atoms with Crippen LogP contribution < -0.4 is 20.7 Å². The molecule has 2 amide bonds. The van der Waals surface area contributed by atoms with Crippen molar-refractivity contribution < 1.29 is 14.3 Å². The zero-order valence-corrected chi connectivity index (χ0v) is 16.6. The minimum absolute atomic E-state index is 0.104. The molecule has 0 saturated heterocycles. The molecule has 2 aromatic carbocycles. The summed E-state index contributed by atoms with van der Waals surface area (Å²) in [5, 5.41) is 8.43. The highest BCUT2D eigenvalue weighted by Crippen LogP contribution is 2.16. The maximum absolute atomic E-state index is 12.1. The van der Waals surface area contributed by atoms with Crippen LogP contribution in [0.2, 0.25) is 0 Å². The van der Waals surface area contributed by atoms with E-state index in [1.807, 2.05) is 30.3 Å². The number of carbonyl (C=O) groups excluding carboxylic acids is 2. The molecule has 2 rings (SSSR count). The SMILES string of the molecule is CCCCCCOc1ccc(NC(=O)CNc2cccc(C(=O)NC)c2)cc1. The van der Waals surface area contributed by atoms with E-state index in [0.29, 0.717) is 23.5 Å². The largest absolute Gasteiger partial charge is 0.494 e. The van der Waals surface area contributed by atoms with E-state index in [9.17, 15) is 9.59 Å². The summed E-state index contributed by atoms with van der Waals surface area (Å²) < 4.78 is 5.70. The van der Waals surface area contributed by atoms with E-state index >= 15 is 0 Å². The van der Waals surface area contributed by atoms with Crippen LogP contribution in [-0.2, 0) is 4.79 Å². The monoisotopic (exact) mass is 383 g/mol. The predicted octanol–water partition coefficient (Wildman–Crippen LogP) is 4.06. The minimum atomic E-state index is -0.168. The fourth-order valence-electron chi connectivity index (χ4n) is 2.66. The Balaban J connectivity index is 1.76. The molecule has 0 bridgehead atoms. The van der Waals surface area contributed by atoms with Gasteiger partial charge in [0.25, 0.3) is 5.91 Å². The summed E-state index contributed by atoms with van der Waals surface area (Å²) in [7, 11) is 1.58. The molecule has 0 radical (unpaired) electrons. The Bertz CT molecular complexity index is 760. The van der Waals surface area contributed by atoms with Gasteiger partial charge in [-0.2, -0.15) is 0 Å². The number of unbranched alkanes of at least 4 members (excludes halogenated alkanes) is 3. The van der Waals surface area contributed by atoms with Gasteiger partial charge < -0.3 is 20.7 Å². The van der Waals surface area contributed by atoms with Gasteiger partial charge in [0.15, 0.2) is 0 Å². The van der Waals surface area contributed by atoms with E-state index in [1.165, 1.54) is 19.3 Å². The first-order valence-electron chi connectivity index (χ1n) is 9.71. The van der Waals surface area contributed by atoms with Crippen LogP contribution >= 0.6 is 0 Å². The molecule has 3 N–H and O–H groups in total. The summed E-state index contributed by atoms with van der Waals surface area (Å²) in [4.78, 5) is 23.8. The van der Waals surface area contributed by atoms with E-state index in [4.69, 9.17) is 4.74 Å². The zero-order chi connectivity index (χ0) is 20.2. The van der Waals surface area contributed by atoms with Crippen LogP contribution in [0.5, 0.6) is 5.75 Å². The normalized spacial score (nSPS) is 10.2. The van der Waals surface area contributed by atoms with Crippen molar-refractivity contribution >= 4 is 23.2 Å². The summed E-state index contributed by atoms with van der Waals surface area (Å²) in [6, 6.07) is 14.4. The Morgan fingerprint density at radius 1 is 0.964 bits per heavy atom. The van der Waals surface area contributed by atoms with Crippen LogP contribution in [0.4, 0.5) is 11.4 Å². The Kier molecular flexibility index (Phi) is 8.85. The number of amides is 2. The molecule has 6 nitrogen and oxygen atoms in total. The van der Waals surface area contributed by atoms with Crippen molar-refractivity contribution in [2.24, 2.45) is 0 Å². The van der Waals surface area contributed by atoms with E-state index in [2.05, 4.69) is 22.9 Å². The fraction of sp³-hybridized carbons (Fsp3) is 0.364. The summed E-state index contributed by atoms with van der Waals surface area (Å²) in [5.74, 6) is 0.470. The molecule has 0 saturated carbocycles. The van der Waals surface area contributed by atoms with Crippen molar-refractivity contribution in [2.45, 2.75) is 32.6 Å². The van der Waals surface area contributed by atoms with Gasteiger partial charge >= 0.3 is 0 Å². The molecule has 6 heteroatoms. The van der Waals surface area contributed by atoms with Gasteiger partial charge in [-0.1, -0.05) is 32.3 Å². The molecule has 0 aliphatic rings. The second kappa shape index (κ2) is 11.6. The van der Waals surface area contributed by atoms with Gasteiger partial charge in [0, 0.05) is 24.0 Å². The highest BCUT2D eigenvalue weighted by molar-refractivity contribution is 5.96. The molecule has 150 valence electrons. The highest BCUT2D eigenvalue weighted by atomic mass is 16.5. The Morgan fingerprint density at radius 2 is 1.75 bits per heavy atom. The van der Waals surface area contributed by atoms with Crippen molar-refractivity contribution in [3.8, 4) is 5.75 Å². The number of hydrogen-bond donors (Lipinski definition) is 3. The van der Waals surface area contributed by atoms with Gasteiger partial charge in [-0.15, -0.1) is 0 Å². The van der Waals surface area contributed by atoms with Crippen molar-refractivity contribution in [3.05, 3.63) is 54.1 Å². The lowest BCUT2D eigenvalue weighted by atomic mass is 10.2. The van der Waals surface area contributed by atoms with Crippen LogP contribution in [0, 0.1) is 0 Å². The summed E-state index contributed by atoms with van der Waals surface area (Å²) in [6.45, 7) is 3.00. The first-order valence-corrected chi connectivity index (χ1v) is 9.71. The average molecular weight is 383 g/mol. The lowest BCUT2D eigenvalue weighted by Crippen LogP contribution is -2.22. The number of rotatable bonds is 11. The van der Waals surface area contributed by atoms with Crippen molar-refractivity contribution in [1.82, 2.24) is 5.32 Å². The molecular formula is C22H29N3O3. The molecule has 0 aliphatic heterocycles. The van der Waals surface area contributed by atoms with Crippen molar-refractivity contribution in [1.29, 1.82) is 0 Å². The molecule has 2 aromatic rings. The van der Waals surface area contributed by atoms with E-state index in [-0.39, 0.29) is 18.4 Å². The molecule has 28 heavy (non-hydrogen) atoms. The van der Waals surface area contributed by atoms with Crippen LogP contribution in [0.25, 0.3) is 0 Å². The lowest BCUT2D eigenvalue weighted by molar-refractivity contribution is -0.114. The van der Waals surface area contributed by atoms with Gasteiger partial charge in [-0.05, 0) is 48.9 Å². The van der Waals surface area contributed by atoms with Crippen LogP contribution in [0.15, 0.2) is 48.5 Å². The first-order chi connectivity index (χ1) is 13.6. The van der Waals surface area contributed by atoms with Gasteiger partial charge in [-0.3, -0.25) is 9.59 Å². The topological polar surface area (TPSA) is 79.5 Å². The maximum Gasteiger partial charge on any atom is 0.251 e. The van der Waals surface area contributed by atoms with Crippen molar-refractivity contribution in [3.63, 3.8) is 0 Å². The van der Waals surface area contributed by atoms with Crippen molar-refractivity contribution in [2.75, 3.05) is 30.8 Å². The third-order valence-electron chi connectivity index (χ3n) is 4.21. The summed E-state index contributed by atoms with van der Waals surface area (Å²) in [6.07, 6.45) is 4.68. The Labute approximate surface area is 166 Å². The molecule has 0 heterocycles. The molecule has 0 unspecified atom stereocenters. The number of carbonyl (C=O) groups is 2. The van der Waals surface area contributed by atoms with E-state index in [1.54, 1.807) is 25.2 Å². The standard InChI is InChI=1S/C22H29N3O3/c1-3-4-5-6-14-28-20-12-10-18(11-13-20)25-21(26)16-24-19-9-7-8-17(15-19)22(27)23-2/h7-13,15,24H,3-6,14,16H2,1-2H3,(H,23,27)(H,25,26). The second-order valence-electron chi connectivity index (χ2n) is 6.50. The quantitative estimate of drug-likeness (QED) is 0.511. The first kappa shape index (κ1) is 21.3. The minimum Gasteiger partial charge on any atom is -0.494 e. The number of benzene rings is 2. The fourth-order valence-corrected chi connectivity index (χ4v) is 2.66. The molecule has 0 fully saturated rings. The average Bonchev–Trinajstić information content (AvgIpc) is 2.73. The highest BCUT2D eigenvalue weighted by Gasteiger charge is 2.06. The Hall–Kier alpha value is -3.02. The van der Waals surface area contributed by atoms with Gasteiger partial charge in [0.1, 0.15) is 5.75 Å². The molecular weight excluding hydrogens is 354 g/mol. The van der Waals surface area contributed by atoms with Crippen LogP contribution in [0.3, 0.4) is 0 Å². The third kappa shape index (κ3) is 7.31. The van der Waals surface area contributed by atoms with Gasteiger partial charge in [0.05, 0.1) is 13.2 Å². The second-order valence-corrected chi connectivity index (χ2v) is 6.50. The van der Waals surface area contributed by atoms with E-state index < -0.39 is 0 Å². The van der Waals surface area contributed by atoms with Gasteiger partial charge in [0.2, 0.25) is 5.91 Å². The summed E-state index contributed by atoms with van der Waals surface area (Å²) >= 11 is 0. The van der Waals surface area contributed by atoms with Gasteiger partial charge in [-0.25, -0.2) is 0 Å². The van der Waals surface area contributed by atoms with Crippen LogP contribution in [-0.4, -0.2) is 32.0 Å². The lowest BCUT2D eigenvalue weighted by Gasteiger charge is -2.10. The predicted molar refractivity (Wildman–Crippen MR) is 113 cm³/mol. The zero-order valence-electron chi connectivity index (χ0n) is 16.6. The number of hydrogen-bond acceptors (Lipinski definition) is 4. The Morgan fingerprint density at radius 3 is 2.46 bits per heavy atom. The molecule has 0 atom stereocenters. The third-order valence-corrected chi connectivity index (χ3v) is 4.21. The maximum atomic E-state index is 12.1. The number of nitrogens with one attached hydrogen (secondary N) is 3. The number of ether oxygens (including phenoxy) is 1.